The van der Waals surface area contributed by atoms with Crippen LogP contribution in [0.4, 0.5) is 0 Å². The largest absolute Gasteiger partial charge is 0.494 e. The molecule has 1 heterocycles. The molecule has 3 rings (SSSR count). The van der Waals surface area contributed by atoms with Gasteiger partial charge in [0.1, 0.15) is 5.75 Å². The number of hydrogen-bond acceptors (Lipinski definition) is 5. The van der Waals surface area contributed by atoms with Crippen molar-refractivity contribution in [2.75, 3.05) is 19.0 Å². The summed E-state index contributed by atoms with van der Waals surface area (Å²) in [7, 11) is 0. The van der Waals surface area contributed by atoms with Crippen molar-refractivity contribution in [1.82, 2.24) is 4.90 Å². The summed E-state index contributed by atoms with van der Waals surface area (Å²) in [5.41, 5.74) is 1.20. The third kappa shape index (κ3) is 4.38. The van der Waals surface area contributed by atoms with Gasteiger partial charge in [-0.05, 0) is 37.0 Å². The molecule has 1 N–H and O–H groups in total. The molecule has 1 aromatic carbocycles. The van der Waals surface area contributed by atoms with Gasteiger partial charge in [-0.2, -0.15) is 0 Å². The lowest BCUT2D eigenvalue weighted by Gasteiger charge is -2.29. The summed E-state index contributed by atoms with van der Waals surface area (Å²) in [6, 6.07) is 7.36. The van der Waals surface area contributed by atoms with Crippen LogP contribution < -0.4 is 4.74 Å². The van der Waals surface area contributed by atoms with Gasteiger partial charge < -0.3 is 9.84 Å². The van der Waals surface area contributed by atoms with Crippen molar-refractivity contribution in [2.45, 2.75) is 51.5 Å². The summed E-state index contributed by atoms with van der Waals surface area (Å²) in [5, 5.41) is 9.20. The Kier molecular flexibility index (Phi) is 6.96. The summed E-state index contributed by atoms with van der Waals surface area (Å²) >= 11 is 1.27. The second-order valence-electron chi connectivity index (χ2n) is 6.92. The Morgan fingerprint density at radius 2 is 1.81 bits per heavy atom. The molecule has 6 heteroatoms. The highest BCUT2D eigenvalue weighted by Gasteiger charge is 2.42. The molecule has 0 saturated heterocycles. The van der Waals surface area contributed by atoms with Crippen LogP contribution in [0.3, 0.4) is 0 Å². The van der Waals surface area contributed by atoms with Crippen molar-refractivity contribution in [3.05, 3.63) is 34.7 Å². The number of hydrogen-bond donors (Lipinski definition) is 1. The molecular formula is C21H27NO4S. The Balaban J connectivity index is 1.89. The fraction of sp³-hybridized carbons (Fsp3) is 0.524. The highest BCUT2D eigenvalue weighted by Crippen LogP contribution is 2.39. The number of carbonyl (C=O) groups is 2. The Morgan fingerprint density at radius 1 is 1.11 bits per heavy atom. The number of benzene rings is 1. The molecule has 27 heavy (non-hydrogen) atoms. The van der Waals surface area contributed by atoms with E-state index in [0.717, 1.165) is 43.4 Å². The van der Waals surface area contributed by atoms with Gasteiger partial charge in [-0.1, -0.05) is 38.3 Å². The number of nitrogens with zero attached hydrogens (tertiary/aromatic N) is 1. The van der Waals surface area contributed by atoms with E-state index in [1.165, 1.54) is 23.1 Å². The van der Waals surface area contributed by atoms with Gasteiger partial charge in [0, 0.05) is 11.8 Å². The third-order valence-electron chi connectivity index (χ3n) is 4.97. The van der Waals surface area contributed by atoms with E-state index in [1.54, 1.807) is 0 Å². The predicted octanol–water partition coefficient (Wildman–Crippen LogP) is 3.61. The van der Waals surface area contributed by atoms with Crippen LogP contribution in [0.1, 0.15) is 51.0 Å². The predicted molar refractivity (Wildman–Crippen MR) is 107 cm³/mol. The third-order valence-corrected chi connectivity index (χ3v) is 6.02. The maximum absolute atomic E-state index is 13.2. The molecule has 0 spiro atoms. The van der Waals surface area contributed by atoms with Crippen molar-refractivity contribution < 1.29 is 19.4 Å². The first-order valence-corrected chi connectivity index (χ1v) is 10.7. The lowest BCUT2D eigenvalue weighted by Crippen LogP contribution is -2.42. The Bertz CT molecular complexity index is 707. The summed E-state index contributed by atoms with van der Waals surface area (Å²) in [4.78, 5) is 28.1. The van der Waals surface area contributed by atoms with Crippen LogP contribution in [0.2, 0.25) is 0 Å². The van der Waals surface area contributed by atoms with E-state index in [2.05, 4.69) is 0 Å². The van der Waals surface area contributed by atoms with E-state index in [0.29, 0.717) is 22.8 Å². The van der Waals surface area contributed by atoms with Crippen LogP contribution in [0.15, 0.2) is 29.2 Å². The summed E-state index contributed by atoms with van der Waals surface area (Å²) in [6.07, 6.45) is 5.97. The zero-order valence-electron chi connectivity index (χ0n) is 15.8. The Hall–Kier alpha value is -1.79. The molecule has 2 aliphatic rings. The number of aliphatic hydroxyl groups excluding tert-OH is 1. The van der Waals surface area contributed by atoms with Crippen molar-refractivity contribution in [3.63, 3.8) is 0 Å². The van der Waals surface area contributed by atoms with Crippen molar-refractivity contribution in [1.29, 1.82) is 0 Å². The molecule has 1 fully saturated rings. The average molecular weight is 390 g/mol. The molecule has 0 unspecified atom stereocenters. The van der Waals surface area contributed by atoms with Crippen LogP contribution in [0.5, 0.6) is 5.75 Å². The molecule has 146 valence electrons. The SMILES string of the molecule is CCCOc1ccc(C2=C(SCCO)C(=O)N(C3CCCCC3)C2=O)cc1. The monoisotopic (exact) mass is 389 g/mol. The lowest BCUT2D eigenvalue weighted by molar-refractivity contribution is -0.139. The molecular weight excluding hydrogens is 362 g/mol. The van der Waals surface area contributed by atoms with Crippen molar-refractivity contribution in [2.24, 2.45) is 0 Å². The smallest absolute Gasteiger partial charge is 0.268 e. The van der Waals surface area contributed by atoms with Crippen LogP contribution in [-0.4, -0.2) is 46.8 Å². The summed E-state index contributed by atoms with van der Waals surface area (Å²) in [5.74, 6) is 0.751. The van der Waals surface area contributed by atoms with Gasteiger partial charge in [-0.25, -0.2) is 0 Å². The standard InChI is InChI=1S/C21H27NO4S/c1-2-13-26-17-10-8-15(9-11-17)18-19(27-14-12-23)21(25)22(20(18)24)16-6-4-3-5-7-16/h8-11,16,23H,2-7,12-14H2,1H3. The van der Waals surface area contributed by atoms with Crippen LogP contribution in [-0.2, 0) is 9.59 Å². The molecule has 0 atom stereocenters. The van der Waals surface area contributed by atoms with Crippen molar-refractivity contribution >= 4 is 29.1 Å². The van der Waals surface area contributed by atoms with Gasteiger partial charge in [-0.3, -0.25) is 14.5 Å². The molecule has 1 aliphatic carbocycles. The molecule has 1 saturated carbocycles. The van der Waals surface area contributed by atoms with E-state index >= 15 is 0 Å². The van der Waals surface area contributed by atoms with Gasteiger partial charge in [0.05, 0.1) is 23.7 Å². The van der Waals surface area contributed by atoms with E-state index < -0.39 is 0 Å². The van der Waals surface area contributed by atoms with Gasteiger partial charge in [0.15, 0.2) is 0 Å². The van der Waals surface area contributed by atoms with Gasteiger partial charge in [0.25, 0.3) is 11.8 Å². The van der Waals surface area contributed by atoms with Crippen LogP contribution in [0.25, 0.3) is 5.57 Å². The highest BCUT2D eigenvalue weighted by molar-refractivity contribution is 8.04. The molecule has 1 aromatic rings. The van der Waals surface area contributed by atoms with Crippen LogP contribution in [0, 0.1) is 0 Å². The Morgan fingerprint density at radius 3 is 2.44 bits per heavy atom. The normalized spacial score (nSPS) is 18.5. The quantitative estimate of drug-likeness (QED) is 0.688. The van der Waals surface area contributed by atoms with E-state index in [1.807, 2.05) is 31.2 Å². The molecule has 5 nitrogen and oxygen atoms in total. The molecule has 1 aliphatic heterocycles. The number of rotatable bonds is 8. The number of thioether (sulfide) groups is 1. The minimum absolute atomic E-state index is 0.00635. The minimum atomic E-state index is -0.202. The van der Waals surface area contributed by atoms with Crippen LogP contribution >= 0.6 is 11.8 Å². The van der Waals surface area contributed by atoms with E-state index in [9.17, 15) is 14.7 Å². The summed E-state index contributed by atoms with van der Waals surface area (Å²) < 4.78 is 5.61. The van der Waals surface area contributed by atoms with Gasteiger partial charge >= 0.3 is 0 Å². The molecule has 0 aromatic heterocycles. The highest BCUT2D eigenvalue weighted by atomic mass is 32.2. The van der Waals surface area contributed by atoms with E-state index in [-0.39, 0.29) is 24.5 Å². The van der Waals surface area contributed by atoms with Gasteiger partial charge in [-0.15, -0.1) is 11.8 Å². The topological polar surface area (TPSA) is 66.8 Å². The van der Waals surface area contributed by atoms with Crippen molar-refractivity contribution in [3.8, 4) is 5.75 Å². The zero-order chi connectivity index (χ0) is 19.2. The number of ether oxygens (including phenoxy) is 1. The first-order chi connectivity index (χ1) is 13.2. The average Bonchev–Trinajstić information content (AvgIpc) is 2.95. The molecule has 2 amide bonds. The zero-order valence-corrected chi connectivity index (χ0v) is 16.6. The number of imide groups is 1. The first kappa shape index (κ1) is 20.0. The molecule has 0 bridgehead atoms. The second-order valence-corrected chi connectivity index (χ2v) is 8.03. The maximum Gasteiger partial charge on any atom is 0.268 e. The summed E-state index contributed by atoms with van der Waals surface area (Å²) in [6.45, 7) is 2.66. The first-order valence-electron chi connectivity index (χ1n) is 9.76. The number of carbonyl (C=O) groups excluding carboxylic acids is 2. The fourth-order valence-electron chi connectivity index (χ4n) is 3.67. The van der Waals surface area contributed by atoms with Gasteiger partial charge in [0.2, 0.25) is 0 Å². The fourth-order valence-corrected chi connectivity index (χ4v) is 4.54. The lowest BCUT2D eigenvalue weighted by atomic mass is 9.94. The second kappa shape index (κ2) is 9.42. The Labute approximate surface area is 164 Å². The van der Waals surface area contributed by atoms with E-state index in [4.69, 9.17) is 4.74 Å². The maximum atomic E-state index is 13.2. The molecule has 0 radical (unpaired) electrons. The number of amides is 2. The number of aliphatic hydroxyl groups is 1. The minimum Gasteiger partial charge on any atom is -0.494 e.